The zero-order valence-corrected chi connectivity index (χ0v) is 33.4. The summed E-state index contributed by atoms with van der Waals surface area (Å²) in [7, 11) is 0. The number of carbonyl (C=O) groups is 2. The van der Waals surface area contributed by atoms with Crippen molar-refractivity contribution < 1.29 is 73.8 Å². The molecule has 11 atom stereocenters. The minimum absolute atomic E-state index is 0.171. The SMILES string of the molecule is CCCCCCCCCCCCC(=O)O[C@H](COC(=O)CCCCCCCCCCC)CO[C@@H]1O[C@H](CO[C@H]2O[C@H](CO)[C@H](O)[C@H](O)[C@H]2O)[C@H](O)[C@H](O)[C@H]1O. The van der Waals surface area contributed by atoms with Crippen LogP contribution in [0.25, 0.3) is 0 Å². The molecule has 15 heteroatoms. The van der Waals surface area contributed by atoms with Gasteiger partial charge in [0.15, 0.2) is 18.7 Å². The standard InChI is InChI=1S/C40H74O15/c1-3-5-7-9-11-13-15-17-19-21-23-32(43)53-28(25-50-31(42)22-20-18-16-14-12-10-8-6-4-2)26-51-39-38(49)36(47)34(45)30(55-39)27-52-40-37(48)35(46)33(44)29(24-41)54-40/h28-30,33-41,44-49H,3-27H2,1-2H3/t28-,29-,30-,33+,34+,35+,36+,37-,38-,39-,40+/m1/s1. The lowest BCUT2D eigenvalue weighted by molar-refractivity contribution is -0.332. The highest BCUT2D eigenvalue weighted by Crippen LogP contribution is 2.26. The number of ether oxygens (including phenoxy) is 6. The molecular formula is C40H74O15. The van der Waals surface area contributed by atoms with Gasteiger partial charge in [0.1, 0.15) is 55.4 Å². The predicted octanol–water partition coefficient (Wildman–Crippen LogP) is 3.31. The Morgan fingerprint density at radius 2 is 0.927 bits per heavy atom. The summed E-state index contributed by atoms with van der Waals surface area (Å²) in [4.78, 5) is 25.4. The molecule has 2 rings (SSSR count). The van der Waals surface area contributed by atoms with Crippen molar-refractivity contribution in [3.05, 3.63) is 0 Å². The third-order valence-corrected chi connectivity index (χ3v) is 10.3. The van der Waals surface area contributed by atoms with Crippen molar-refractivity contribution in [2.75, 3.05) is 26.4 Å². The van der Waals surface area contributed by atoms with Gasteiger partial charge in [-0.1, -0.05) is 123 Å². The van der Waals surface area contributed by atoms with Crippen LogP contribution >= 0.6 is 0 Å². The van der Waals surface area contributed by atoms with Crippen LogP contribution in [0.15, 0.2) is 0 Å². The highest BCUT2D eigenvalue weighted by Gasteiger charge is 2.47. The Hall–Kier alpha value is -1.50. The molecule has 2 aliphatic rings. The third kappa shape index (κ3) is 19.7. The van der Waals surface area contributed by atoms with Gasteiger partial charge < -0.3 is 64.2 Å². The van der Waals surface area contributed by atoms with Crippen LogP contribution in [0, 0.1) is 0 Å². The molecule has 0 aromatic carbocycles. The molecule has 0 aromatic rings. The van der Waals surface area contributed by atoms with Gasteiger partial charge in [0.05, 0.1) is 19.8 Å². The summed E-state index contributed by atoms with van der Waals surface area (Å²) in [5.41, 5.74) is 0. The lowest BCUT2D eigenvalue weighted by Gasteiger charge is -2.42. The Morgan fingerprint density at radius 1 is 0.509 bits per heavy atom. The van der Waals surface area contributed by atoms with Gasteiger partial charge in [-0.15, -0.1) is 0 Å². The molecule has 55 heavy (non-hydrogen) atoms. The highest BCUT2D eigenvalue weighted by atomic mass is 16.7. The molecule has 0 aliphatic carbocycles. The van der Waals surface area contributed by atoms with Gasteiger partial charge in [-0.2, -0.15) is 0 Å². The Labute approximate surface area is 328 Å². The van der Waals surface area contributed by atoms with Gasteiger partial charge in [-0.25, -0.2) is 0 Å². The van der Waals surface area contributed by atoms with Crippen LogP contribution in [0.2, 0.25) is 0 Å². The highest BCUT2D eigenvalue weighted by molar-refractivity contribution is 5.70. The van der Waals surface area contributed by atoms with E-state index in [4.69, 9.17) is 28.4 Å². The van der Waals surface area contributed by atoms with Crippen LogP contribution in [-0.2, 0) is 38.0 Å². The van der Waals surface area contributed by atoms with E-state index >= 15 is 0 Å². The molecule has 0 bridgehead atoms. The topological polar surface area (TPSA) is 231 Å². The predicted molar refractivity (Wildman–Crippen MR) is 201 cm³/mol. The molecule has 0 radical (unpaired) electrons. The number of hydrogen-bond acceptors (Lipinski definition) is 15. The van der Waals surface area contributed by atoms with Crippen LogP contribution in [0.5, 0.6) is 0 Å². The second-order valence-corrected chi connectivity index (χ2v) is 15.2. The Kier molecular flexibility index (Phi) is 26.8. The molecule has 2 aliphatic heterocycles. The molecule has 15 nitrogen and oxygen atoms in total. The lowest BCUT2D eigenvalue weighted by Crippen LogP contribution is -2.61. The van der Waals surface area contributed by atoms with Crippen LogP contribution in [0.4, 0.5) is 0 Å². The number of unbranched alkanes of at least 4 members (excludes halogenated alkanes) is 17. The summed E-state index contributed by atoms with van der Waals surface area (Å²) in [6.45, 7) is 2.52. The molecule has 0 saturated carbocycles. The normalized spacial score (nSPS) is 28.9. The van der Waals surface area contributed by atoms with E-state index in [1.54, 1.807) is 0 Å². The van der Waals surface area contributed by atoms with Crippen LogP contribution in [-0.4, -0.2) is 142 Å². The summed E-state index contributed by atoms with van der Waals surface area (Å²) in [6.07, 6.45) is 4.59. The monoisotopic (exact) mass is 795 g/mol. The zero-order chi connectivity index (χ0) is 40.4. The van der Waals surface area contributed by atoms with Crippen molar-refractivity contribution >= 4 is 11.9 Å². The van der Waals surface area contributed by atoms with E-state index in [0.29, 0.717) is 12.8 Å². The van der Waals surface area contributed by atoms with Crippen LogP contribution in [0.3, 0.4) is 0 Å². The smallest absolute Gasteiger partial charge is 0.306 e. The van der Waals surface area contributed by atoms with Crippen molar-refractivity contribution in [1.29, 1.82) is 0 Å². The lowest BCUT2D eigenvalue weighted by atomic mass is 9.98. The Morgan fingerprint density at radius 3 is 1.42 bits per heavy atom. The first-order valence-electron chi connectivity index (χ1n) is 21.1. The molecule has 324 valence electrons. The second kappa shape index (κ2) is 29.7. The molecule has 2 fully saturated rings. The minimum Gasteiger partial charge on any atom is -0.462 e. The second-order valence-electron chi connectivity index (χ2n) is 15.2. The summed E-state index contributed by atoms with van der Waals surface area (Å²) >= 11 is 0. The maximum Gasteiger partial charge on any atom is 0.306 e. The van der Waals surface area contributed by atoms with Crippen LogP contribution in [0.1, 0.15) is 149 Å². The maximum atomic E-state index is 12.8. The molecule has 0 unspecified atom stereocenters. The summed E-state index contributed by atoms with van der Waals surface area (Å²) < 4.78 is 33.3. The van der Waals surface area contributed by atoms with E-state index < -0.39 is 92.7 Å². The van der Waals surface area contributed by atoms with Gasteiger partial charge in [0, 0.05) is 12.8 Å². The first-order valence-corrected chi connectivity index (χ1v) is 21.1. The Balaban J connectivity index is 1.89. The molecule has 7 N–H and O–H groups in total. The number of rotatable bonds is 31. The first-order chi connectivity index (χ1) is 26.5. The van der Waals surface area contributed by atoms with Gasteiger partial charge >= 0.3 is 11.9 Å². The number of aliphatic hydroxyl groups excluding tert-OH is 7. The van der Waals surface area contributed by atoms with Gasteiger partial charge in [0.2, 0.25) is 0 Å². The fraction of sp³-hybridized carbons (Fsp3) is 0.950. The fourth-order valence-electron chi connectivity index (χ4n) is 6.74. The van der Waals surface area contributed by atoms with Gasteiger partial charge in [0.25, 0.3) is 0 Å². The summed E-state index contributed by atoms with van der Waals surface area (Å²) in [5.74, 6) is -0.925. The fourth-order valence-corrected chi connectivity index (χ4v) is 6.74. The molecular weight excluding hydrogens is 720 g/mol. The average molecular weight is 795 g/mol. The van der Waals surface area contributed by atoms with E-state index in [2.05, 4.69) is 13.8 Å². The molecule has 2 heterocycles. The van der Waals surface area contributed by atoms with Crippen molar-refractivity contribution in [3.8, 4) is 0 Å². The summed E-state index contributed by atoms with van der Waals surface area (Å²) in [5, 5.41) is 71.6. The largest absolute Gasteiger partial charge is 0.462 e. The van der Waals surface area contributed by atoms with Crippen molar-refractivity contribution in [2.24, 2.45) is 0 Å². The third-order valence-electron chi connectivity index (χ3n) is 10.3. The minimum atomic E-state index is -1.76. The zero-order valence-electron chi connectivity index (χ0n) is 33.4. The van der Waals surface area contributed by atoms with Gasteiger partial charge in [-0.05, 0) is 12.8 Å². The number of aliphatic hydroxyl groups is 7. The molecule has 2 saturated heterocycles. The van der Waals surface area contributed by atoms with E-state index in [-0.39, 0.29) is 26.1 Å². The van der Waals surface area contributed by atoms with Crippen LogP contribution < -0.4 is 0 Å². The molecule has 0 aromatic heterocycles. The number of hydrogen-bond donors (Lipinski definition) is 7. The van der Waals surface area contributed by atoms with E-state index in [9.17, 15) is 45.3 Å². The van der Waals surface area contributed by atoms with Crippen molar-refractivity contribution in [2.45, 2.75) is 216 Å². The number of esters is 2. The average Bonchev–Trinajstić information content (AvgIpc) is 3.18. The Bertz CT molecular complexity index is 986. The number of carbonyl (C=O) groups excluding carboxylic acids is 2. The van der Waals surface area contributed by atoms with Crippen molar-refractivity contribution in [1.82, 2.24) is 0 Å². The molecule has 0 spiro atoms. The van der Waals surface area contributed by atoms with E-state index in [1.807, 2.05) is 0 Å². The van der Waals surface area contributed by atoms with E-state index in [1.165, 1.54) is 70.6 Å². The van der Waals surface area contributed by atoms with E-state index in [0.717, 1.165) is 38.5 Å². The molecule has 0 amide bonds. The van der Waals surface area contributed by atoms with Gasteiger partial charge in [-0.3, -0.25) is 9.59 Å². The van der Waals surface area contributed by atoms with Crippen molar-refractivity contribution in [3.63, 3.8) is 0 Å². The summed E-state index contributed by atoms with van der Waals surface area (Å²) in [6, 6.07) is 0. The maximum absolute atomic E-state index is 12.8. The quantitative estimate of drug-likeness (QED) is 0.0394. The first kappa shape index (κ1) is 49.6.